The fraction of sp³-hybridized carbons (Fsp3) is 0.917. The number of nitrogens with one attached hydrogen (secondary N) is 1. The van der Waals surface area contributed by atoms with Crippen LogP contribution >= 0.6 is 0 Å². The normalized spacial score (nSPS) is 12.6. The number of amides is 1. The monoisotopic (exact) mass is 1100 g/mol. The van der Waals surface area contributed by atoms with E-state index in [1.165, 1.54) is 321 Å². The third-order valence-electron chi connectivity index (χ3n) is 16.7. The zero-order valence-corrected chi connectivity index (χ0v) is 52.9. The Labute approximate surface area is 488 Å². The Kier molecular flexibility index (Phi) is 66.4. The summed E-state index contributed by atoms with van der Waals surface area (Å²) < 4.78 is 5.46. The van der Waals surface area contributed by atoms with Gasteiger partial charge in [-0.3, -0.25) is 9.59 Å². The van der Waals surface area contributed by atoms with E-state index in [4.69, 9.17) is 4.74 Å². The van der Waals surface area contributed by atoms with Crippen LogP contribution in [0.5, 0.6) is 0 Å². The Bertz CT molecular complexity index is 1220. The van der Waals surface area contributed by atoms with Gasteiger partial charge in [-0.1, -0.05) is 340 Å². The third kappa shape index (κ3) is 63.5. The van der Waals surface area contributed by atoms with Crippen molar-refractivity contribution in [2.45, 2.75) is 411 Å². The maximum atomic E-state index is 12.6. The van der Waals surface area contributed by atoms with Gasteiger partial charge in [-0.2, -0.15) is 0 Å². The van der Waals surface area contributed by atoms with Crippen molar-refractivity contribution in [1.82, 2.24) is 5.32 Å². The van der Waals surface area contributed by atoms with Gasteiger partial charge in [-0.15, -0.1) is 0 Å². The summed E-state index contributed by atoms with van der Waals surface area (Å²) in [6.45, 7) is 4.95. The van der Waals surface area contributed by atoms with Crippen LogP contribution in [0.1, 0.15) is 399 Å². The summed E-state index contributed by atoms with van der Waals surface area (Å²) in [5.41, 5.74) is 0. The summed E-state index contributed by atoms with van der Waals surface area (Å²) in [7, 11) is 0. The number of carbonyl (C=O) groups excluding carboxylic acids is 2. The molecule has 0 aliphatic rings. The number of ether oxygens (including phenoxy) is 1. The predicted molar refractivity (Wildman–Crippen MR) is 343 cm³/mol. The average molecular weight is 1100 g/mol. The van der Waals surface area contributed by atoms with Crippen LogP contribution in [0.4, 0.5) is 0 Å². The minimum Gasteiger partial charge on any atom is -0.466 e. The first-order valence-electron chi connectivity index (χ1n) is 35.6. The summed E-state index contributed by atoms with van der Waals surface area (Å²) in [6, 6.07) is -0.545. The van der Waals surface area contributed by atoms with Crippen LogP contribution in [0.3, 0.4) is 0 Å². The lowest BCUT2D eigenvalue weighted by Crippen LogP contribution is -2.45. The van der Waals surface area contributed by atoms with Crippen molar-refractivity contribution >= 4 is 11.9 Å². The van der Waals surface area contributed by atoms with E-state index in [9.17, 15) is 19.8 Å². The minimum absolute atomic E-state index is 0.00313. The molecule has 3 N–H and O–H groups in total. The van der Waals surface area contributed by atoms with E-state index in [1.54, 1.807) is 0 Å². The van der Waals surface area contributed by atoms with Crippen LogP contribution in [0.15, 0.2) is 24.3 Å². The predicted octanol–water partition coefficient (Wildman–Crippen LogP) is 22.9. The lowest BCUT2D eigenvalue weighted by atomic mass is 10.0. The first-order valence-corrected chi connectivity index (χ1v) is 35.6. The van der Waals surface area contributed by atoms with E-state index in [2.05, 4.69) is 43.5 Å². The second kappa shape index (κ2) is 67.8. The molecule has 1 amide bonds. The quantitative estimate of drug-likeness (QED) is 0.0320. The molecular weight excluding hydrogens is 959 g/mol. The van der Waals surface area contributed by atoms with Gasteiger partial charge in [-0.05, 0) is 70.6 Å². The highest BCUT2D eigenvalue weighted by atomic mass is 16.5. The van der Waals surface area contributed by atoms with Crippen molar-refractivity contribution in [3.8, 4) is 0 Å². The summed E-state index contributed by atoms with van der Waals surface area (Å²) >= 11 is 0. The van der Waals surface area contributed by atoms with Crippen molar-refractivity contribution in [2.75, 3.05) is 13.2 Å². The maximum absolute atomic E-state index is 12.6. The molecule has 0 aliphatic heterocycles. The lowest BCUT2D eigenvalue weighted by molar-refractivity contribution is -0.143. The molecule has 0 aliphatic carbocycles. The SMILES string of the molecule is CCCC/C=C\CCCCCCCC(=O)OCCCCCCCCCCCCCC/C=C\CCCCCCCCCCCC(=O)NC(CO)C(O)CCCCCCCCCCCCCCCCCCCCCCCCCCC. The number of hydrogen-bond acceptors (Lipinski definition) is 5. The molecule has 0 radical (unpaired) electrons. The Morgan fingerprint density at radius 3 is 0.949 bits per heavy atom. The van der Waals surface area contributed by atoms with Crippen LogP contribution in [-0.4, -0.2) is 47.4 Å². The van der Waals surface area contributed by atoms with E-state index in [0.717, 1.165) is 44.9 Å². The first-order chi connectivity index (χ1) is 38.5. The Balaban J connectivity index is 3.40. The van der Waals surface area contributed by atoms with E-state index in [0.29, 0.717) is 25.9 Å². The molecule has 0 fully saturated rings. The molecule has 6 nitrogen and oxygen atoms in total. The highest BCUT2D eigenvalue weighted by Crippen LogP contribution is 2.19. The zero-order valence-electron chi connectivity index (χ0n) is 52.9. The molecule has 0 aromatic carbocycles. The number of hydrogen-bond donors (Lipinski definition) is 3. The van der Waals surface area contributed by atoms with E-state index in [1.807, 2.05) is 0 Å². The fourth-order valence-corrected chi connectivity index (χ4v) is 11.3. The molecule has 0 aromatic heterocycles. The number of rotatable bonds is 67. The number of aliphatic hydroxyl groups is 2. The lowest BCUT2D eigenvalue weighted by Gasteiger charge is -2.22. The van der Waals surface area contributed by atoms with Crippen LogP contribution < -0.4 is 5.32 Å². The fourth-order valence-electron chi connectivity index (χ4n) is 11.3. The number of allylic oxidation sites excluding steroid dienone is 4. The molecule has 0 heterocycles. The van der Waals surface area contributed by atoms with Gasteiger partial charge in [0.15, 0.2) is 0 Å². The molecular formula is C72H139NO5. The van der Waals surface area contributed by atoms with Gasteiger partial charge < -0.3 is 20.3 Å². The largest absolute Gasteiger partial charge is 0.466 e. The van der Waals surface area contributed by atoms with Crippen molar-refractivity contribution < 1.29 is 24.5 Å². The van der Waals surface area contributed by atoms with Crippen LogP contribution in [-0.2, 0) is 14.3 Å². The second-order valence-electron chi connectivity index (χ2n) is 24.6. The molecule has 0 saturated carbocycles. The molecule has 0 bridgehead atoms. The molecule has 6 heteroatoms. The van der Waals surface area contributed by atoms with E-state index < -0.39 is 12.1 Å². The Morgan fingerprint density at radius 2 is 0.615 bits per heavy atom. The molecule has 0 aromatic rings. The van der Waals surface area contributed by atoms with Crippen molar-refractivity contribution in [3.05, 3.63) is 24.3 Å². The van der Waals surface area contributed by atoms with Gasteiger partial charge in [0, 0.05) is 12.8 Å². The van der Waals surface area contributed by atoms with E-state index >= 15 is 0 Å². The van der Waals surface area contributed by atoms with Crippen molar-refractivity contribution in [2.24, 2.45) is 0 Å². The molecule has 2 unspecified atom stereocenters. The zero-order chi connectivity index (χ0) is 56.4. The molecule has 0 rings (SSSR count). The highest BCUT2D eigenvalue weighted by Gasteiger charge is 2.20. The molecule has 2 atom stereocenters. The van der Waals surface area contributed by atoms with Gasteiger partial charge >= 0.3 is 5.97 Å². The number of unbranched alkanes of at least 4 members (excludes halogenated alkanes) is 52. The topological polar surface area (TPSA) is 95.9 Å². The summed E-state index contributed by atoms with van der Waals surface area (Å²) in [5.74, 6) is -0.0301. The second-order valence-corrected chi connectivity index (χ2v) is 24.6. The third-order valence-corrected chi connectivity index (χ3v) is 16.7. The average Bonchev–Trinajstić information content (AvgIpc) is 3.44. The Morgan fingerprint density at radius 1 is 0.346 bits per heavy atom. The summed E-state index contributed by atoms with van der Waals surface area (Å²) in [5, 5.41) is 23.4. The van der Waals surface area contributed by atoms with Crippen LogP contribution in [0.2, 0.25) is 0 Å². The first kappa shape index (κ1) is 76.3. The molecule has 78 heavy (non-hydrogen) atoms. The molecule has 0 saturated heterocycles. The number of aliphatic hydroxyl groups excluding tert-OH is 2. The van der Waals surface area contributed by atoms with Crippen LogP contribution in [0, 0.1) is 0 Å². The summed E-state index contributed by atoms with van der Waals surface area (Å²) in [6.07, 6.45) is 85.2. The van der Waals surface area contributed by atoms with E-state index in [-0.39, 0.29) is 18.5 Å². The van der Waals surface area contributed by atoms with Crippen molar-refractivity contribution in [3.63, 3.8) is 0 Å². The van der Waals surface area contributed by atoms with Gasteiger partial charge in [0.25, 0.3) is 0 Å². The minimum atomic E-state index is -0.668. The number of carbonyl (C=O) groups is 2. The van der Waals surface area contributed by atoms with Gasteiger partial charge in [0.1, 0.15) is 0 Å². The van der Waals surface area contributed by atoms with Crippen LogP contribution in [0.25, 0.3) is 0 Å². The highest BCUT2D eigenvalue weighted by molar-refractivity contribution is 5.76. The smallest absolute Gasteiger partial charge is 0.305 e. The maximum Gasteiger partial charge on any atom is 0.305 e. The molecule has 0 spiro atoms. The Hall–Kier alpha value is -1.66. The van der Waals surface area contributed by atoms with Gasteiger partial charge in [-0.25, -0.2) is 0 Å². The number of esters is 1. The van der Waals surface area contributed by atoms with Crippen molar-refractivity contribution in [1.29, 1.82) is 0 Å². The van der Waals surface area contributed by atoms with Gasteiger partial charge in [0.2, 0.25) is 5.91 Å². The molecule has 462 valence electrons. The van der Waals surface area contributed by atoms with Gasteiger partial charge in [0.05, 0.1) is 25.4 Å². The summed E-state index contributed by atoms with van der Waals surface area (Å²) in [4.78, 5) is 24.6. The standard InChI is InChI=1S/C72H139NO5/c1-3-5-7-9-11-13-15-16-17-18-19-20-21-23-26-29-32-35-38-41-45-48-52-56-60-64-70(75)69(68-74)73-71(76)65-61-57-53-49-46-42-39-36-33-30-27-24-22-25-28-31-34-37-40-43-47-51-55-59-63-67-78-72(77)66-62-58-54-50-44-14-12-10-8-6-4-2/h10,12,24,27,69-70,74-75H,3-9,11,13-23,25-26,28-68H2,1-2H3,(H,73,76)/b12-10-,27-24-.